The molecular weight excluding hydrogens is 198 g/mol. The standard InChI is InChI=1S/C14H27NO/c1-2-11-3-5-13(6-4-11)14(15)9-12-7-8-16-10-12/h11-14H,2-10,15H2,1H3. The van der Waals surface area contributed by atoms with Gasteiger partial charge in [-0.1, -0.05) is 26.2 Å². The van der Waals surface area contributed by atoms with E-state index < -0.39 is 0 Å². The summed E-state index contributed by atoms with van der Waals surface area (Å²) in [6.45, 7) is 4.23. The van der Waals surface area contributed by atoms with Gasteiger partial charge in [-0.3, -0.25) is 0 Å². The van der Waals surface area contributed by atoms with E-state index in [1.165, 1.54) is 44.9 Å². The fourth-order valence-electron chi connectivity index (χ4n) is 3.37. The summed E-state index contributed by atoms with van der Waals surface area (Å²) in [6, 6.07) is 0.435. The Labute approximate surface area is 99.9 Å². The lowest BCUT2D eigenvalue weighted by atomic mass is 9.76. The molecule has 2 N–H and O–H groups in total. The molecule has 2 nitrogen and oxygen atoms in total. The van der Waals surface area contributed by atoms with Crippen molar-refractivity contribution in [1.82, 2.24) is 0 Å². The average Bonchev–Trinajstić information content (AvgIpc) is 2.82. The number of nitrogens with two attached hydrogens (primary N) is 1. The highest BCUT2D eigenvalue weighted by molar-refractivity contribution is 4.82. The van der Waals surface area contributed by atoms with Crippen LogP contribution in [0.2, 0.25) is 0 Å². The van der Waals surface area contributed by atoms with Crippen molar-refractivity contribution in [3.05, 3.63) is 0 Å². The van der Waals surface area contributed by atoms with Crippen LogP contribution in [0.25, 0.3) is 0 Å². The first-order chi connectivity index (χ1) is 7.79. The monoisotopic (exact) mass is 225 g/mol. The quantitative estimate of drug-likeness (QED) is 0.798. The summed E-state index contributed by atoms with van der Waals surface area (Å²) in [6.07, 6.45) is 9.35. The molecule has 2 unspecified atom stereocenters. The van der Waals surface area contributed by atoms with Crippen LogP contribution in [0, 0.1) is 17.8 Å². The molecule has 0 aromatic heterocycles. The molecule has 1 heterocycles. The molecule has 2 fully saturated rings. The molecule has 2 rings (SSSR count). The molecule has 1 aliphatic heterocycles. The van der Waals surface area contributed by atoms with Gasteiger partial charge in [-0.25, -0.2) is 0 Å². The van der Waals surface area contributed by atoms with Gasteiger partial charge in [0.25, 0.3) is 0 Å². The summed E-state index contributed by atoms with van der Waals surface area (Å²) in [5.41, 5.74) is 6.36. The normalized spacial score (nSPS) is 37.5. The van der Waals surface area contributed by atoms with Crippen LogP contribution in [0.15, 0.2) is 0 Å². The third kappa shape index (κ3) is 3.21. The highest BCUT2D eigenvalue weighted by Crippen LogP contribution is 2.34. The first-order valence-corrected chi connectivity index (χ1v) is 7.13. The smallest absolute Gasteiger partial charge is 0.0495 e. The largest absolute Gasteiger partial charge is 0.381 e. The Morgan fingerprint density at radius 1 is 1.12 bits per heavy atom. The lowest BCUT2D eigenvalue weighted by Crippen LogP contribution is -2.35. The Morgan fingerprint density at radius 3 is 2.44 bits per heavy atom. The predicted octanol–water partition coefficient (Wildman–Crippen LogP) is 2.96. The lowest BCUT2D eigenvalue weighted by Gasteiger charge is -2.32. The number of hydrogen-bond donors (Lipinski definition) is 1. The molecule has 1 saturated carbocycles. The highest BCUT2D eigenvalue weighted by atomic mass is 16.5. The van der Waals surface area contributed by atoms with Gasteiger partial charge < -0.3 is 10.5 Å². The van der Waals surface area contributed by atoms with Crippen LogP contribution in [-0.4, -0.2) is 19.3 Å². The Balaban J connectivity index is 1.70. The van der Waals surface area contributed by atoms with E-state index >= 15 is 0 Å². The van der Waals surface area contributed by atoms with E-state index in [1.807, 2.05) is 0 Å². The van der Waals surface area contributed by atoms with E-state index in [0.717, 1.165) is 31.0 Å². The molecule has 0 bridgehead atoms. The summed E-state index contributed by atoms with van der Waals surface area (Å²) in [7, 11) is 0. The Bertz CT molecular complexity index is 193. The maximum atomic E-state index is 6.36. The molecule has 1 saturated heterocycles. The molecule has 0 amide bonds. The van der Waals surface area contributed by atoms with E-state index in [1.54, 1.807) is 0 Å². The van der Waals surface area contributed by atoms with E-state index in [9.17, 15) is 0 Å². The third-order valence-corrected chi connectivity index (χ3v) is 4.70. The third-order valence-electron chi connectivity index (χ3n) is 4.70. The van der Waals surface area contributed by atoms with Gasteiger partial charge in [-0.05, 0) is 43.4 Å². The molecule has 2 aliphatic rings. The van der Waals surface area contributed by atoms with Gasteiger partial charge in [0, 0.05) is 19.3 Å². The second-order valence-corrected chi connectivity index (χ2v) is 5.82. The number of hydrogen-bond acceptors (Lipinski definition) is 2. The van der Waals surface area contributed by atoms with E-state index in [-0.39, 0.29) is 0 Å². The van der Waals surface area contributed by atoms with Crippen LogP contribution >= 0.6 is 0 Å². The summed E-state index contributed by atoms with van der Waals surface area (Å²) in [5.74, 6) is 2.53. The van der Waals surface area contributed by atoms with E-state index in [4.69, 9.17) is 10.5 Å². The van der Waals surface area contributed by atoms with Crippen molar-refractivity contribution >= 4 is 0 Å². The highest BCUT2D eigenvalue weighted by Gasteiger charge is 2.27. The minimum absolute atomic E-state index is 0.435. The second-order valence-electron chi connectivity index (χ2n) is 5.82. The molecule has 1 aliphatic carbocycles. The zero-order valence-corrected chi connectivity index (χ0v) is 10.7. The molecule has 0 radical (unpaired) electrons. The summed E-state index contributed by atoms with van der Waals surface area (Å²) in [5, 5.41) is 0. The summed E-state index contributed by atoms with van der Waals surface area (Å²) < 4.78 is 5.42. The zero-order valence-electron chi connectivity index (χ0n) is 10.7. The fraction of sp³-hybridized carbons (Fsp3) is 1.00. The SMILES string of the molecule is CCC1CCC(C(N)CC2CCOC2)CC1. The summed E-state index contributed by atoms with van der Waals surface area (Å²) in [4.78, 5) is 0. The number of ether oxygens (including phenoxy) is 1. The minimum Gasteiger partial charge on any atom is -0.381 e. The van der Waals surface area contributed by atoms with Crippen molar-refractivity contribution in [2.45, 2.75) is 57.9 Å². The first kappa shape index (κ1) is 12.4. The predicted molar refractivity (Wildman–Crippen MR) is 67.3 cm³/mol. The van der Waals surface area contributed by atoms with Gasteiger partial charge in [0.15, 0.2) is 0 Å². The molecule has 2 atom stereocenters. The van der Waals surface area contributed by atoms with Crippen molar-refractivity contribution in [2.75, 3.05) is 13.2 Å². The van der Waals surface area contributed by atoms with Gasteiger partial charge in [-0.15, -0.1) is 0 Å². The van der Waals surface area contributed by atoms with Crippen molar-refractivity contribution < 1.29 is 4.74 Å². The molecule has 0 spiro atoms. The Kier molecular flexibility index (Phi) is 4.66. The van der Waals surface area contributed by atoms with Crippen LogP contribution in [0.4, 0.5) is 0 Å². The first-order valence-electron chi connectivity index (χ1n) is 7.13. The van der Waals surface area contributed by atoms with Crippen LogP contribution in [-0.2, 0) is 4.74 Å². The van der Waals surface area contributed by atoms with Crippen molar-refractivity contribution in [3.63, 3.8) is 0 Å². The van der Waals surface area contributed by atoms with Crippen LogP contribution in [0.3, 0.4) is 0 Å². The molecule has 0 aromatic rings. The van der Waals surface area contributed by atoms with Gasteiger partial charge in [0.2, 0.25) is 0 Å². The Hall–Kier alpha value is -0.0800. The summed E-state index contributed by atoms with van der Waals surface area (Å²) >= 11 is 0. The Morgan fingerprint density at radius 2 is 1.88 bits per heavy atom. The van der Waals surface area contributed by atoms with E-state index in [0.29, 0.717) is 6.04 Å². The average molecular weight is 225 g/mol. The van der Waals surface area contributed by atoms with Crippen LogP contribution in [0.1, 0.15) is 51.9 Å². The van der Waals surface area contributed by atoms with Gasteiger partial charge >= 0.3 is 0 Å². The van der Waals surface area contributed by atoms with Crippen molar-refractivity contribution in [1.29, 1.82) is 0 Å². The van der Waals surface area contributed by atoms with Gasteiger partial charge in [0.05, 0.1) is 0 Å². The maximum absolute atomic E-state index is 6.36. The minimum atomic E-state index is 0.435. The van der Waals surface area contributed by atoms with E-state index in [2.05, 4.69) is 6.92 Å². The van der Waals surface area contributed by atoms with Gasteiger partial charge in [-0.2, -0.15) is 0 Å². The maximum Gasteiger partial charge on any atom is 0.0495 e. The van der Waals surface area contributed by atoms with Crippen molar-refractivity contribution in [2.24, 2.45) is 23.5 Å². The van der Waals surface area contributed by atoms with Gasteiger partial charge in [0.1, 0.15) is 0 Å². The molecule has 0 aromatic carbocycles. The molecule has 94 valence electrons. The second kappa shape index (κ2) is 6.02. The topological polar surface area (TPSA) is 35.2 Å². The lowest BCUT2D eigenvalue weighted by molar-refractivity contribution is 0.174. The van der Waals surface area contributed by atoms with Crippen LogP contribution in [0.5, 0.6) is 0 Å². The van der Waals surface area contributed by atoms with Crippen molar-refractivity contribution in [3.8, 4) is 0 Å². The van der Waals surface area contributed by atoms with Crippen LogP contribution < -0.4 is 5.73 Å². The molecular formula is C14H27NO. The zero-order chi connectivity index (χ0) is 11.4. The molecule has 16 heavy (non-hydrogen) atoms. The fourth-order valence-corrected chi connectivity index (χ4v) is 3.37. The number of rotatable bonds is 4. The molecule has 2 heteroatoms.